The molecule has 4 heteroatoms. The van der Waals surface area contributed by atoms with E-state index >= 15 is 0 Å². The Labute approximate surface area is 86.3 Å². The summed E-state index contributed by atoms with van der Waals surface area (Å²) < 4.78 is 24.4. The van der Waals surface area contributed by atoms with Crippen molar-refractivity contribution < 1.29 is 13.6 Å². The van der Waals surface area contributed by atoms with Crippen LogP contribution in [-0.4, -0.2) is 12.3 Å². The van der Waals surface area contributed by atoms with Gasteiger partial charge in [0.1, 0.15) is 0 Å². The van der Waals surface area contributed by atoms with E-state index in [4.69, 9.17) is 0 Å². The van der Waals surface area contributed by atoms with Gasteiger partial charge in [-0.2, -0.15) is 0 Å². The van der Waals surface area contributed by atoms with Gasteiger partial charge in [-0.3, -0.25) is 4.79 Å². The number of hydrogen-bond acceptors (Lipinski definition) is 1. The average Bonchev–Trinajstić information content (AvgIpc) is 2.98. The molecule has 1 amide bonds. The normalized spacial score (nSPS) is 23.9. The van der Waals surface area contributed by atoms with Crippen molar-refractivity contribution in [3.8, 4) is 0 Å². The quantitative estimate of drug-likeness (QED) is 0.817. The lowest BCUT2D eigenvalue weighted by molar-refractivity contribution is -0.118. The van der Waals surface area contributed by atoms with Crippen LogP contribution in [0.25, 0.3) is 0 Å². The Hall–Kier alpha value is -1.45. The van der Waals surface area contributed by atoms with Crippen LogP contribution in [0.5, 0.6) is 0 Å². The second-order valence-corrected chi connectivity index (χ2v) is 3.70. The van der Waals surface area contributed by atoms with E-state index in [9.17, 15) is 13.6 Å². The molecular formula is C11H11F2NO. The molecule has 2 rings (SSSR count). The molecule has 1 aliphatic rings. The van der Waals surface area contributed by atoms with E-state index in [1.807, 2.05) is 6.07 Å². The van der Waals surface area contributed by atoms with Gasteiger partial charge in [-0.15, -0.1) is 0 Å². The molecule has 0 saturated heterocycles. The summed E-state index contributed by atoms with van der Waals surface area (Å²) in [6.45, 7) is 0. The molecule has 2 nitrogen and oxygen atoms in total. The van der Waals surface area contributed by atoms with Crippen LogP contribution in [0.4, 0.5) is 14.5 Å². The smallest absolute Gasteiger partial charge is 0.242 e. The highest BCUT2D eigenvalue weighted by Gasteiger charge is 2.48. The number of carbonyl (C=O) groups excluding carboxylic acids is 1. The summed E-state index contributed by atoms with van der Waals surface area (Å²) in [6, 6.07) is 8.87. The molecular weight excluding hydrogens is 200 g/mol. The molecule has 2 atom stereocenters. The number of anilines is 1. The lowest BCUT2D eigenvalue weighted by atomic mass is 10.2. The molecule has 0 spiro atoms. The van der Waals surface area contributed by atoms with Gasteiger partial charge in [-0.25, -0.2) is 8.78 Å². The molecule has 15 heavy (non-hydrogen) atoms. The third-order valence-corrected chi connectivity index (χ3v) is 2.54. The number of hydrogen-bond donors (Lipinski definition) is 1. The van der Waals surface area contributed by atoms with Crippen LogP contribution in [0.3, 0.4) is 0 Å². The number of alkyl halides is 2. The number of amides is 1. The predicted molar refractivity (Wildman–Crippen MR) is 52.7 cm³/mol. The SMILES string of the molecule is O=C(Nc1ccccc1)[C@H]1C[C@H]1C(F)F. The minimum absolute atomic E-state index is 0.300. The van der Waals surface area contributed by atoms with E-state index in [1.54, 1.807) is 24.3 Å². The van der Waals surface area contributed by atoms with Crippen LogP contribution in [0, 0.1) is 11.8 Å². The van der Waals surface area contributed by atoms with Crippen molar-refractivity contribution in [1.29, 1.82) is 0 Å². The van der Waals surface area contributed by atoms with Crippen molar-refractivity contribution in [3.63, 3.8) is 0 Å². The van der Waals surface area contributed by atoms with Crippen molar-refractivity contribution in [2.24, 2.45) is 11.8 Å². The van der Waals surface area contributed by atoms with Crippen molar-refractivity contribution in [1.82, 2.24) is 0 Å². The van der Waals surface area contributed by atoms with Crippen molar-refractivity contribution in [2.45, 2.75) is 12.8 Å². The summed E-state index contributed by atoms with van der Waals surface area (Å²) in [5.41, 5.74) is 0.655. The van der Waals surface area contributed by atoms with Gasteiger partial charge in [0.2, 0.25) is 12.3 Å². The van der Waals surface area contributed by atoms with Crippen LogP contribution in [0.1, 0.15) is 6.42 Å². The van der Waals surface area contributed by atoms with Crippen LogP contribution < -0.4 is 5.32 Å². The van der Waals surface area contributed by atoms with Gasteiger partial charge in [-0.1, -0.05) is 18.2 Å². The fraction of sp³-hybridized carbons (Fsp3) is 0.364. The first-order valence-electron chi connectivity index (χ1n) is 4.82. The van der Waals surface area contributed by atoms with Crippen molar-refractivity contribution >= 4 is 11.6 Å². The van der Waals surface area contributed by atoms with Crippen molar-refractivity contribution in [3.05, 3.63) is 30.3 Å². The van der Waals surface area contributed by atoms with Crippen LogP contribution >= 0.6 is 0 Å². The van der Waals surface area contributed by atoms with Gasteiger partial charge in [0.15, 0.2) is 0 Å². The molecule has 1 N–H and O–H groups in total. The zero-order valence-electron chi connectivity index (χ0n) is 7.99. The minimum Gasteiger partial charge on any atom is -0.326 e. The molecule has 80 valence electrons. The first-order valence-corrected chi connectivity index (χ1v) is 4.82. The summed E-state index contributed by atoms with van der Waals surface area (Å²) in [5.74, 6) is -1.55. The summed E-state index contributed by atoms with van der Waals surface area (Å²) >= 11 is 0. The zero-order valence-corrected chi connectivity index (χ0v) is 7.99. The lowest BCUT2D eigenvalue weighted by Crippen LogP contribution is -2.16. The monoisotopic (exact) mass is 211 g/mol. The number of rotatable bonds is 3. The Morgan fingerprint density at radius 3 is 2.53 bits per heavy atom. The van der Waals surface area contributed by atoms with E-state index in [2.05, 4.69) is 5.32 Å². The predicted octanol–water partition coefficient (Wildman–Crippen LogP) is 2.53. The van der Waals surface area contributed by atoms with Crippen LogP contribution in [0.15, 0.2) is 30.3 Å². The highest BCUT2D eigenvalue weighted by Crippen LogP contribution is 2.43. The first kappa shape index (κ1) is 10.1. The summed E-state index contributed by atoms with van der Waals surface area (Å²) in [5, 5.41) is 2.62. The molecule has 0 bridgehead atoms. The summed E-state index contributed by atoms with van der Waals surface area (Å²) in [6.07, 6.45) is -2.08. The van der Waals surface area contributed by atoms with E-state index in [1.165, 1.54) is 0 Å². The number of benzene rings is 1. The fourth-order valence-corrected chi connectivity index (χ4v) is 1.55. The molecule has 0 heterocycles. The Morgan fingerprint density at radius 1 is 1.33 bits per heavy atom. The molecule has 0 aliphatic heterocycles. The van der Waals surface area contributed by atoms with Gasteiger partial charge < -0.3 is 5.32 Å². The maximum Gasteiger partial charge on any atom is 0.242 e. The maximum atomic E-state index is 12.2. The Morgan fingerprint density at radius 2 is 2.00 bits per heavy atom. The third kappa shape index (κ3) is 2.32. The molecule has 0 aromatic heterocycles. The average molecular weight is 211 g/mol. The van der Waals surface area contributed by atoms with E-state index in [0.29, 0.717) is 12.1 Å². The Kier molecular flexibility index (Phi) is 2.66. The lowest BCUT2D eigenvalue weighted by Gasteiger charge is -2.03. The molecule has 1 aliphatic carbocycles. The summed E-state index contributed by atoms with van der Waals surface area (Å²) in [4.78, 5) is 11.4. The minimum atomic E-state index is -2.38. The number of carbonyl (C=O) groups is 1. The highest BCUT2D eigenvalue weighted by molar-refractivity contribution is 5.94. The molecule has 1 fully saturated rings. The van der Waals surface area contributed by atoms with E-state index < -0.39 is 18.3 Å². The summed E-state index contributed by atoms with van der Waals surface area (Å²) in [7, 11) is 0. The molecule has 0 unspecified atom stereocenters. The maximum absolute atomic E-state index is 12.2. The Balaban J connectivity index is 1.90. The topological polar surface area (TPSA) is 29.1 Å². The Bertz CT molecular complexity index is 353. The third-order valence-electron chi connectivity index (χ3n) is 2.54. The van der Waals surface area contributed by atoms with Crippen LogP contribution in [0.2, 0.25) is 0 Å². The molecule has 1 aromatic carbocycles. The highest BCUT2D eigenvalue weighted by atomic mass is 19.3. The first-order chi connectivity index (χ1) is 7.18. The van der Waals surface area contributed by atoms with Crippen molar-refractivity contribution in [2.75, 3.05) is 5.32 Å². The largest absolute Gasteiger partial charge is 0.326 e. The van der Waals surface area contributed by atoms with Gasteiger partial charge in [0.25, 0.3) is 0 Å². The van der Waals surface area contributed by atoms with Gasteiger partial charge in [-0.05, 0) is 18.6 Å². The number of halogens is 2. The number of nitrogens with one attached hydrogen (secondary N) is 1. The van der Waals surface area contributed by atoms with Gasteiger partial charge >= 0.3 is 0 Å². The van der Waals surface area contributed by atoms with Gasteiger partial charge in [0.05, 0.1) is 0 Å². The molecule has 1 saturated carbocycles. The molecule has 1 aromatic rings. The van der Waals surface area contributed by atoms with Crippen LogP contribution in [-0.2, 0) is 4.79 Å². The van der Waals surface area contributed by atoms with E-state index in [0.717, 1.165) is 0 Å². The van der Waals surface area contributed by atoms with E-state index in [-0.39, 0.29) is 5.91 Å². The fourth-order valence-electron chi connectivity index (χ4n) is 1.55. The number of para-hydroxylation sites is 1. The van der Waals surface area contributed by atoms with Gasteiger partial charge in [0, 0.05) is 17.5 Å². The second-order valence-electron chi connectivity index (χ2n) is 3.70. The molecule has 0 radical (unpaired) electrons. The zero-order chi connectivity index (χ0) is 10.8. The standard InChI is InChI=1S/C11H11F2NO/c12-10(13)8-6-9(8)11(15)14-7-4-2-1-3-5-7/h1-5,8-10H,6H2,(H,14,15)/t8-,9+/m1/s1. The second kappa shape index (κ2) is 3.96.